The van der Waals surface area contributed by atoms with Crippen LogP contribution in [0.5, 0.6) is 0 Å². The number of furan rings is 1. The fourth-order valence-corrected chi connectivity index (χ4v) is 2.39. The monoisotopic (exact) mass is 347 g/mol. The number of rotatable bonds is 5. The van der Waals surface area contributed by atoms with Crippen molar-refractivity contribution >= 4 is 29.5 Å². The highest BCUT2D eigenvalue weighted by molar-refractivity contribution is 7.97. The van der Waals surface area contributed by atoms with E-state index in [0.717, 1.165) is 11.3 Å². The van der Waals surface area contributed by atoms with Gasteiger partial charge in [-0.25, -0.2) is 0 Å². The Morgan fingerprint density at radius 2 is 1.92 bits per heavy atom. The highest BCUT2D eigenvalue weighted by atomic mass is 32.2. The molecule has 24 heavy (non-hydrogen) atoms. The number of carbonyl (C=O) groups is 3. The van der Waals surface area contributed by atoms with Crippen LogP contribution in [0.4, 0.5) is 0 Å². The van der Waals surface area contributed by atoms with Crippen molar-refractivity contribution in [2.75, 3.05) is 6.26 Å². The third kappa shape index (κ3) is 5.17. The summed E-state index contributed by atoms with van der Waals surface area (Å²) in [4.78, 5) is 35.2. The third-order valence-corrected chi connectivity index (χ3v) is 3.62. The van der Waals surface area contributed by atoms with Crippen LogP contribution in [-0.2, 0) is 21.9 Å². The second-order valence-corrected chi connectivity index (χ2v) is 5.67. The van der Waals surface area contributed by atoms with Gasteiger partial charge < -0.3 is 9.73 Å². The van der Waals surface area contributed by atoms with Gasteiger partial charge in [-0.1, -0.05) is 12.1 Å². The molecular formula is C16H17N3O4S. The maximum Gasteiger partial charge on any atom is 0.327 e. The Morgan fingerprint density at radius 1 is 1.08 bits per heavy atom. The van der Waals surface area contributed by atoms with Gasteiger partial charge in [-0.3, -0.25) is 25.2 Å². The molecule has 0 spiro atoms. The van der Waals surface area contributed by atoms with Gasteiger partial charge in [0.1, 0.15) is 5.76 Å². The summed E-state index contributed by atoms with van der Waals surface area (Å²) in [7, 11) is 0. The highest BCUT2D eigenvalue weighted by Crippen LogP contribution is 2.11. The summed E-state index contributed by atoms with van der Waals surface area (Å²) in [5, 5.41) is 2.38. The van der Waals surface area contributed by atoms with Gasteiger partial charge in [0, 0.05) is 11.3 Å². The molecule has 2 rings (SSSR count). The summed E-state index contributed by atoms with van der Waals surface area (Å²) in [6.45, 7) is 0.0872. The Morgan fingerprint density at radius 3 is 2.62 bits per heavy atom. The summed E-state index contributed by atoms with van der Waals surface area (Å²) < 4.78 is 5.03. The molecule has 3 amide bonds. The smallest absolute Gasteiger partial charge is 0.327 e. The van der Waals surface area contributed by atoms with Crippen LogP contribution in [0.1, 0.15) is 21.7 Å². The molecule has 0 radical (unpaired) electrons. The highest BCUT2D eigenvalue weighted by Gasteiger charge is 2.15. The van der Waals surface area contributed by atoms with Gasteiger partial charge in [0.25, 0.3) is 5.91 Å². The van der Waals surface area contributed by atoms with E-state index < -0.39 is 17.7 Å². The lowest BCUT2D eigenvalue weighted by molar-refractivity contribution is -0.139. The van der Waals surface area contributed by atoms with Crippen LogP contribution in [0.3, 0.4) is 0 Å². The molecule has 0 bridgehead atoms. The number of hydrazine groups is 1. The molecule has 0 aliphatic heterocycles. The van der Waals surface area contributed by atoms with Crippen molar-refractivity contribution in [3.05, 3.63) is 59.5 Å². The van der Waals surface area contributed by atoms with Crippen LogP contribution in [0.2, 0.25) is 0 Å². The minimum atomic E-state index is -0.963. The summed E-state index contributed by atoms with van der Waals surface area (Å²) >= 11 is 1.64. The van der Waals surface area contributed by atoms with Crippen LogP contribution in [0.25, 0.3) is 0 Å². The summed E-state index contributed by atoms with van der Waals surface area (Å²) in [6, 6.07) is 10.4. The first-order valence-corrected chi connectivity index (χ1v) is 8.48. The first-order chi connectivity index (χ1) is 11.6. The van der Waals surface area contributed by atoms with Crippen LogP contribution >= 0.6 is 11.8 Å². The van der Waals surface area contributed by atoms with E-state index in [2.05, 4.69) is 16.2 Å². The Bertz CT molecular complexity index is 716. The lowest BCUT2D eigenvalue weighted by atomic mass is 10.1. The van der Waals surface area contributed by atoms with Crippen molar-refractivity contribution in [2.24, 2.45) is 0 Å². The molecule has 7 nitrogen and oxygen atoms in total. The van der Waals surface area contributed by atoms with E-state index in [1.54, 1.807) is 42.1 Å². The molecular weight excluding hydrogens is 330 g/mol. The molecule has 0 fully saturated rings. The number of amides is 3. The lowest BCUT2D eigenvalue weighted by Gasteiger charge is -2.08. The molecule has 126 valence electrons. The van der Waals surface area contributed by atoms with Crippen LogP contribution < -0.4 is 16.2 Å². The van der Waals surface area contributed by atoms with Crippen molar-refractivity contribution in [1.29, 1.82) is 0 Å². The van der Waals surface area contributed by atoms with E-state index in [1.807, 2.05) is 12.3 Å². The molecule has 3 N–H and O–H groups in total. The second kappa shape index (κ2) is 8.78. The fourth-order valence-electron chi connectivity index (χ4n) is 1.87. The van der Waals surface area contributed by atoms with Crippen molar-refractivity contribution in [1.82, 2.24) is 16.2 Å². The number of benzene rings is 1. The maximum absolute atomic E-state index is 12.0. The Kier molecular flexibility index (Phi) is 6.44. The minimum absolute atomic E-state index is 0.0872. The van der Waals surface area contributed by atoms with Crippen molar-refractivity contribution in [2.45, 2.75) is 12.3 Å². The van der Waals surface area contributed by atoms with Gasteiger partial charge in [-0.15, -0.1) is 0 Å². The first kappa shape index (κ1) is 17.6. The first-order valence-electron chi connectivity index (χ1n) is 7.09. The Hall–Kier alpha value is -2.74. The number of carbonyl (C=O) groups excluding carboxylic acids is 3. The molecule has 1 aromatic carbocycles. The lowest BCUT2D eigenvalue weighted by Crippen LogP contribution is -2.48. The van der Waals surface area contributed by atoms with E-state index in [-0.39, 0.29) is 6.54 Å². The third-order valence-electron chi connectivity index (χ3n) is 3.00. The minimum Gasteiger partial charge on any atom is -0.467 e. The van der Waals surface area contributed by atoms with Crippen LogP contribution in [0.15, 0.2) is 47.1 Å². The largest absolute Gasteiger partial charge is 0.467 e. The van der Waals surface area contributed by atoms with E-state index in [1.165, 1.54) is 6.26 Å². The summed E-state index contributed by atoms with van der Waals surface area (Å²) in [5.41, 5.74) is 5.69. The van der Waals surface area contributed by atoms with Crippen molar-refractivity contribution < 1.29 is 18.8 Å². The summed E-state index contributed by atoms with van der Waals surface area (Å²) in [5.74, 6) is -1.03. The topological polar surface area (TPSA) is 100 Å². The SMILES string of the molecule is CSCc1cccc(C(=O)NNC(=O)C(=O)NCc2ccco2)c1. The molecule has 0 saturated heterocycles. The number of nitrogens with one attached hydrogen (secondary N) is 3. The van der Waals surface area contributed by atoms with E-state index >= 15 is 0 Å². The Labute approximate surface area is 143 Å². The average molecular weight is 347 g/mol. The molecule has 1 heterocycles. The predicted octanol–water partition coefficient (Wildman–Crippen LogP) is 1.22. The van der Waals surface area contributed by atoms with Gasteiger partial charge in [0.15, 0.2) is 0 Å². The number of thioether (sulfide) groups is 1. The van der Waals surface area contributed by atoms with Crippen LogP contribution in [-0.4, -0.2) is 24.0 Å². The van der Waals surface area contributed by atoms with Gasteiger partial charge in [0.2, 0.25) is 0 Å². The summed E-state index contributed by atoms with van der Waals surface area (Å²) in [6.07, 6.45) is 3.43. The molecule has 0 aliphatic carbocycles. The van der Waals surface area contributed by atoms with E-state index in [4.69, 9.17) is 4.42 Å². The second-order valence-electron chi connectivity index (χ2n) is 4.80. The molecule has 0 unspecified atom stereocenters. The molecule has 8 heteroatoms. The standard InChI is InChI=1S/C16H17N3O4S/c1-24-10-11-4-2-5-12(8-11)14(20)18-19-16(22)15(21)17-9-13-6-3-7-23-13/h2-8H,9-10H2,1H3,(H,17,21)(H,18,20)(H,19,22). The van der Waals surface area contributed by atoms with Gasteiger partial charge >= 0.3 is 11.8 Å². The predicted molar refractivity (Wildman–Crippen MR) is 89.8 cm³/mol. The zero-order valence-electron chi connectivity index (χ0n) is 13.0. The molecule has 2 aromatic rings. The van der Waals surface area contributed by atoms with E-state index in [0.29, 0.717) is 11.3 Å². The Balaban J connectivity index is 1.81. The van der Waals surface area contributed by atoms with Crippen LogP contribution in [0, 0.1) is 0 Å². The average Bonchev–Trinajstić information content (AvgIpc) is 3.11. The maximum atomic E-state index is 12.0. The normalized spacial score (nSPS) is 10.0. The molecule has 0 atom stereocenters. The fraction of sp³-hybridized carbons (Fsp3) is 0.188. The number of hydrogen-bond donors (Lipinski definition) is 3. The quantitative estimate of drug-likeness (QED) is 0.558. The number of hydrogen-bond acceptors (Lipinski definition) is 5. The van der Waals surface area contributed by atoms with Gasteiger partial charge in [-0.2, -0.15) is 11.8 Å². The molecule has 0 saturated carbocycles. The molecule has 0 aliphatic rings. The van der Waals surface area contributed by atoms with Crippen molar-refractivity contribution in [3.8, 4) is 0 Å². The van der Waals surface area contributed by atoms with E-state index in [9.17, 15) is 14.4 Å². The van der Waals surface area contributed by atoms with Gasteiger partial charge in [0.05, 0.1) is 12.8 Å². The zero-order valence-corrected chi connectivity index (χ0v) is 13.8. The molecule has 1 aromatic heterocycles. The van der Waals surface area contributed by atoms with Crippen molar-refractivity contribution in [3.63, 3.8) is 0 Å². The van der Waals surface area contributed by atoms with Gasteiger partial charge in [-0.05, 0) is 36.1 Å². The zero-order chi connectivity index (χ0) is 17.4.